The number of hydrogen-bond acceptors (Lipinski definition) is 4. The lowest BCUT2D eigenvalue weighted by Crippen LogP contribution is -2.05. The third-order valence-electron chi connectivity index (χ3n) is 2.68. The highest BCUT2D eigenvalue weighted by atomic mass is 16.5. The fourth-order valence-corrected chi connectivity index (χ4v) is 1.74. The van der Waals surface area contributed by atoms with Gasteiger partial charge >= 0.3 is 0 Å². The van der Waals surface area contributed by atoms with Crippen LogP contribution in [0.15, 0.2) is 36.8 Å². The van der Waals surface area contributed by atoms with Gasteiger partial charge in [-0.3, -0.25) is 14.8 Å². The maximum atomic E-state index is 12.1. The summed E-state index contributed by atoms with van der Waals surface area (Å²) in [6, 6.07) is 5.40. The van der Waals surface area contributed by atoms with Crippen LogP contribution in [0.1, 0.15) is 21.6 Å². The van der Waals surface area contributed by atoms with E-state index in [2.05, 4.69) is 9.97 Å². The van der Waals surface area contributed by atoms with Crippen LogP contribution in [0.25, 0.3) is 0 Å². The Morgan fingerprint density at radius 2 is 2.17 bits per heavy atom. The van der Waals surface area contributed by atoms with E-state index in [1.54, 1.807) is 37.8 Å². The Hall–Kier alpha value is -2.23. The van der Waals surface area contributed by atoms with Crippen LogP contribution in [0.5, 0.6) is 5.75 Å². The van der Waals surface area contributed by atoms with E-state index in [4.69, 9.17) is 4.74 Å². The second-order valence-corrected chi connectivity index (χ2v) is 3.98. The number of aryl methyl sites for hydroxylation is 1. The van der Waals surface area contributed by atoms with Crippen LogP contribution in [0, 0.1) is 6.92 Å². The highest BCUT2D eigenvalue weighted by molar-refractivity contribution is 5.97. The molecule has 2 rings (SSSR count). The Kier molecular flexibility index (Phi) is 3.67. The number of nitrogens with zero attached hydrogens (tertiary/aromatic N) is 2. The van der Waals surface area contributed by atoms with Crippen LogP contribution >= 0.6 is 0 Å². The number of hydrogen-bond donors (Lipinski definition) is 0. The lowest BCUT2D eigenvalue weighted by molar-refractivity contribution is 0.0991. The van der Waals surface area contributed by atoms with Gasteiger partial charge in [-0.05, 0) is 30.7 Å². The van der Waals surface area contributed by atoms with Gasteiger partial charge in [-0.2, -0.15) is 0 Å². The Morgan fingerprint density at radius 3 is 2.78 bits per heavy atom. The van der Waals surface area contributed by atoms with Crippen molar-refractivity contribution in [2.75, 3.05) is 7.11 Å². The monoisotopic (exact) mass is 242 g/mol. The highest BCUT2D eigenvalue weighted by Crippen LogP contribution is 2.19. The molecule has 0 aliphatic rings. The second kappa shape index (κ2) is 5.40. The van der Waals surface area contributed by atoms with E-state index in [1.165, 1.54) is 0 Å². The molecule has 0 spiro atoms. The van der Waals surface area contributed by atoms with E-state index in [0.717, 1.165) is 11.3 Å². The summed E-state index contributed by atoms with van der Waals surface area (Å²) >= 11 is 0. The standard InChI is InChI=1S/C14H14N2O2/c1-10-7-11(3-4-14(10)18-2)13(17)8-12-9-15-5-6-16-12/h3-7,9H,8H2,1-2H3. The first-order valence-electron chi connectivity index (χ1n) is 5.63. The van der Waals surface area contributed by atoms with E-state index in [1.807, 2.05) is 13.0 Å². The van der Waals surface area contributed by atoms with Crippen molar-refractivity contribution in [2.24, 2.45) is 0 Å². The van der Waals surface area contributed by atoms with Gasteiger partial charge < -0.3 is 4.74 Å². The van der Waals surface area contributed by atoms with Crippen molar-refractivity contribution in [1.82, 2.24) is 9.97 Å². The van der Waals surface area contributed by atoms with Gasteiger partial charge in [0.15, 0.2) is 5.78 Å². The number of benzene rings is 1. The molecule has 0 saturated heterocycles. The minimum atomic E-state index is 0.0289. The normalized spacial score (nSPS) is 10.1. The molecule has 0 radical (unpaired) electrons. The summed E-state index contributed by atoms with van der Waals surface area (Å²) in [5.74, 6) is 0.812. The SMILES string of the molecule is COc1ccc(C(=O)Cc2cnccn2)cc1C. The smallest absolute Gasteiger partial charge is 0.168 e. The zero-order valence-corrected chi connectivity index (χ0v) is 10.4. The quantitative estimate of drug-likeness (QED) is 0.771. The molecule has 0 atom stereocenters. The van der Waals surface area contributed by atoms with Crippen molar-refractivity contribution in [3.8, 4) is 5.75 Å². The number of Topliss-reactive ketones (excluding diaryl/α,β-unsaturated/α-hetero) is 1. The summed E-state index contributed by atoms with van der Waals surface area (Å²) in [7, 11) is 1.61. The number of rotatable bonds is 4. The van der Waals surface area contributed by atoms with Crippen LogP contribution in [-0.4, -0.2) is 22.9 Å². The van der Waals surface area contributed by atoms with Crippen molar-refractivity contribution in [1.29, 1.82) is 0 Å². The van der Waals surface area contributed by atoms with Crippen LogP contribution in [0.3, 0.4) is 0 Å². The van der Waals surface area contributed by atoms with Crippen molar-refractivity contribution in [2.45, 2.75) is 13.3 Å². The van der Waals surface area contributed by atoms with Gasteiger partial charge in [0.2, 0.25) is 0 Å². The molecule has 92 valence electrons. The van der Waals surface area contributed by atoms with Gasteiger partial charge in [-0.1, -0.05) is 0 Å². The lowest BCUT2D eigenvalue weighted by atomic mass is 10.0. The summed E-state index contributed by atoms with van der Waals surface area (Å²) < 4.78 is 5.16. The van der Waals surface area contributed by atoms with E-state index in [-0.39, 0.29) is 12.2 Å². The number of ether oxygens (including phenoxy) is 1. The summed E-state index contributed by atoms with van der Waals surface area (Å²) in [6.07, 6.45) is 5.04. The topological polar surface area (TPSA) is 52.1 Å². The van der Waals surface area contributed by atoms with E-state index in [0.29, 0.717) is 11.3 Å². The molecular weight excluding hydrogens is 228 g/mol. The third-order valence-corrected chi connectivity index (χ3v) is 2.68. The summed E-state index contributed by atoms with van der Waals surface area (Å²) in [4.78, 5) is 20.1. The Labute approximate surface area is 106 Å². The molecule has 1 aromatic carbocycles. The van der Waals surface area contributed by atoms with Crippen molar-refractivity contribution < 1.29 is 9.53 Å². The Morgan fingerprint density at radius 1 is 1.33 bits per heavy atom. The van der Waals surface area contributed by atoms with E-state index in [9.17, 15) is 4.79 Å². The molecule has 0 fully saturated rings. The van der Waals surface area contributed by atoms with Gasteiger partial charge in [0, 0.05) is 24.2 Å². The van der Waals surface area contributed by atoms with Crippen LogP contribution in [0.2, 0.25) is 0 Å². The fraction of sp³-hybridized carbons (Fsp3) is 0.214. The minimum absolute atomic E-state index is 0.0289. The van der Waals surface area contributed by atoms with Gasteiger partial charge in [0.25, 0.3) is 0 Å². The Bertz CT molecular complexity index is 553. The zero-order valence-electron chi connectivity index (χ0n) is 10.4. The third kappa shape index (κ3) is 2.71. The molecule has 0 aliphatic carbocycles. The van der Waals surface area contributed by atoms with Crippen LogP contribution < -0.4 is 4.74 Å². The molecule has 1 aromatic heterocycles. The molecule has 0 bridgehead atoms. The molecule has 0 unspecified atom stereocenters. The largest absolute Gasteiger partial charge is 0.496 e. The van der Waals surface area contributed by atoms with Gasteiger partial charge in [0.05, 0.1) is 19.2 Å². The first-order valence-corrected chi connectivity index (χ1v) is 5.63. The van der Waals surface area contributed by atoms with Crippen LogP contribution in [0.4, 0.5) is 0 Å². The zero-order chi connectivity index (χ0) is 13.0. The Balaban J connectivity index is 2.17. The van der Waals surface area contributed by atoms with Gasteiger partial charge in [0.1, 0.15) is 5.75 Å². The number of ketones is 1. The fourth-order valence-electron chi connectivity index (χ4n) is 1.74. The molecular formula is C14H14N2O2. The number of aromatic nitrogens is 2. The number of methoxy groups -OCH3 is 1. The minimum Gasteiger partial charge on any atom is -0.496 e. The average Bonchev–Trinajstić information content (AvgIpc) is 2.39. The van der Waals surface area contributed by atoms with Crippen molar-refractivity contribution >= 4 is 5.78 Å². The van der Waals surface area contributed by atoms with E-state index < -0.39 is 0 Å². The summed E-state index contributed by atoms with van der Waals surface area (Å²) in [6.45, 7) is 1.91. The van der Waals surface area contributed by atoms with E-state index >= 15 is 0 Å². The molecule has 4 heteroatoms. The second-order valence-electron chi connectivity index (χ2n) is 3.98. The first-order chi connectivity index (χ1) is 8.70. The average molecular weight is 242 g/mol. The number of carbonyl (C=O) groups is 1. The molecule has 18 heavy (non-hydrogen) atoms. The molecule has 1 heterocycles. The van der Waals surface area contributed by atoms with Crippen molar-refractivity contribution in [3.63, 3.8) is 0 Å². The van der Waals surface area contributed by atoms with Gasteiger partial charge in [-0.25, -0.2) is 0 Å². The van der Waals surface area contributed by atoms with Gasteiger partial charge in [-0.15, -0.1) is 0 Å². The predicted molar refractivity (Wildman–Crippen MR) is 67.8 cm³/mol. The predicted octanol–water partition coefficient (Wildman–Crippen LogP) is 2.22. The molecule has 0 saturated carbocycles. The lowest BCUT2D eigenvalue weighted by Gasteiger charge is -2.06. The molecule has 0 amide bonds. The molecule has 2 aromatic rings. The maximum absolute atomic E-state index is 12.1. The molecule has 0 N–H and O–H groups in total. The summed E-state index contributed by atoms with van der Waals surface area (Å²) in [5.41, 5.74) is 2.29. The maximum Gasteiger partial charge on any atom is 0.168 e. The van der Waals surface area contributed by atoms with Crippen molar-refractivity contribution in [3.05, 3.63) is 53.6 Å². The molecule has 0 aliphatic heterocycles. The first kappa shape index (κ1) is 12.2. The highest BCUT2D eigenvalue weighted by Gasteiger charge is 2.09. The number of carbonyl (C=O) groups excluding carboxylic acids is 1. The van der Waals surface area contributed by atoms with Crippen LogP contribution in [-0.2, 0) is 6.42 Å². The summed E-state index contributed by atoms with van der Waals surface area (Å²) in [5, 5.41) is 0. The molecule has 4 nitrogen and oxygen atoms in total.